The molecule has 2 aromatic carbocycles. The third kappa shape index (κ3) is 7.20. The van der Waals surface area contributed by atoms with E-state index in [9.17, 15) is 24.6 Å². The minimum atomic E-state index is -0.694. The van der Waals surface area contributed by atoms with Crippen LogP contribution in [0.1, 0.15) is 117 Å². The van der Waals surface area contributed by atoms with Crippen molar-refractivity contribution in [1.82, 2.24) is 0 Å². The van der Waals surface area contributed by atoms with Crippen LogP contribution in [0.2, 0.25) is 0 Å². The van der Waals surface area contributed by atoms with Gasteiger partial charge in [0.2, 0.25) is 0 Å². The second-order valence-electron chi connectivity index (χ2n) is 18.1. The molecule has 2 N–H and O–H groups in total. The van der Waals surface area contributed by atoms with Crippen molar-refractivity contribution in [3.05, 3.63) is 75.2 Å². The van der Waals surface area contributed by atoms with Crippen molar-refractivity contribution in [3.8, 4) is 34.1 Å². The van der Waals surface area contributed by atoms with Crippen LogP contribution in [0.4, 0.5) is 0 Å². The summed E-state index contributed by atoms with van der Waals surface area (Å²) in [4.78, 5) is 36.7. The van der Waals surface area contributed by atoms with Gasteiger partial charge in [-0.05, 0) is 138 Å². The van der Waals surface area contributed by atoms with E-state index in [2.05, 4.69) is 19.9 Å². The molecule has 9 heteroatoms. The predicted molar refractivity (Wildman–Crippen MR) is 222 cm³/mol. The fraction of sp³-hybridized carbons (Fsp3) is 0.521. The van der Waals surface area contributed by atoms with E-state index in [-0.39, 0.29) is 45.5 Å². The number of carbonyl (C=O) groups is 2. The van der Waals surface area contributed by atoms with Crippen LogP contribution in [0.15, 0.2) is 62.9 Å². The van der Waals surface area contributed by atoms with Gasteiger partial charge in [0.25, 0.3) is 0 Å². The van der Waals surface area contributed by atoms with Gasteiger partial charge in [0.15, 0.2) is 11.4 Å². The van der Waals surface area contributed by atoms with Crippen LogP contribution in [0.25, 0.3) is 28.2 Å². The van der Waals surface area contributed by atoms with Gasteiger partial charge in [0.05, 0.1) is 12.7 Å². The van der Waals surface area contributed by atoms with Crippen molar-refractivity contribution < 1.29 is 38.4 Å². The molecule has 4 aliphatic carbocycles. The number of phenols is 1. The Morgan fingerprint density at radius 2 is 1.70 bits per heavy atom. The topological polar surface area (TPSA) is 132 Å². The van der Waals surface area contributed by atoms with Crippen LogP contribution >= 0.6 is 0 Å². The maximum atomic E-state index is 12.9. The second kappa shape index (κ2) is 15.2. The highest BCUT2D eigenvalue weighted by Crippen LogP contribution is 2.65. The zero-order valence-electron chi connectivity index (χ0n) is 34.8. The summed E-state index contributed by atoms with van der Waals surface area (Å²) in [7, 11) is 1.52. The molecule has 0 bridgehead atoms. The van der Waals surface area contributed by atoms with E-state index >= 15 is 0 Å². The second-order valence-corrected chi connectivity index (χ2v) is 18.1. The summed E-state index contributed by atoms with van der Waals surface area (Å²) in [6.45, 7) is 14.6. The molecule has 0 spiro atoms. The number of aromatic hydroxyl groups is 2. The number of hydrogen-bond acceptors (Lipinski definition) is 9. The van der Waals surface area contributed by atoms with E-state index in [1.54, 1.807) is 12.1 Å². The van der Waals surface area contributed by atoms with E-state index in [0.29, 0.717) is 58.5 Å². The zero-order valence-corrected chi connectivity index (χ0v) is 34.8. The molecule has 0 saturated heterocycles. The van der Waals surface area contributed by atoms with Gasteiger partial charge in [-0.15, -0.1) is 0 Å². The van der Waals surface area contributed by atoms with E-state index in [4.69, 9.17) is 18.6 Å². The van der Waals surface area contributed by atoms with Gasteiger partial charge >= 0.3 is 11.6 Å². The Kier molecular flexibility index (Phi) is 10.8. The number of carbonyl (C=O) groups excluding carboxylic acids is 2. The lowest BCUT2D eigenvalue weighted by atomic mass is 9.47. The standard InChI is InChI=1S/C26H26O6.C22H32O3/c1-14(2)6-11-17-22-18(12-13-26(3,4)32-22)24-20(23(17)30-5)21(28)19(25(29)31-24)15-7-9-16(27)10-8-15;1-4-20(24)25-19-8-7-17-16-6-5-14-13-15(23)9-11-21(14,2)18(16)10-12-22(17,19)3/h6-10,12-13,27-28H,11H2,1-5H3;13,16-19H,4-12H2,1-3H3. The molecule has 0 radical (unpaired) electrons. The molecular weight excluding hydrogens is 721 g/mol. The number of hydrogen-bond donors (Lipinski definition) is 2. The molecule has 0 amide bonds. The number of ketones is 1. The van der Waals surface area contributed by atoms with Crippen LogP contribution in [0.5, 0.6) is 23.0 Å². The number of rotatable bonds is 6. The molecule has 3 saturated carbocycles. The van der Waals surface area contributed by atoms with Gasteiger partial charge in [0.1, 0.15) is 45.7 Å². The molecule has 5 aliphatic rings. The number of ether oxygens (including phenoxy) is 3. The van der Waals surface area contributed by atoms with E-state index in [0.717, 1.165) is 49.2 Å². The summed E-state index contributed by atoms with van der Waals surface area (Å²) in [5.41, 5.74) is 3.68. The maximum absolute atomic E-state index is 12.9. The van der Waals surface area contributed by atoms with Crippen LogP contribution in [-0.2, 0) is 20.7 Å². The fourth-order valence-corrected chi connectivity index (χ4v) is 10.8. The molecule has 6 atom stereocenters. The van der Waals surface area contributed by atoms with E-state index < -0.39 is 11.2 Å². The Morgan fingerprint density at radius 1 is 0.965 bits per heavy atom. The molecule has 2 heterocycles. The average Bonchev–Trinajstić information content (AvgIpc) is 3.49. The Hall–Kier alpha value is -4.79. The molecule has 1 aromatic heterocycles. The van der Waals surface area contributed by atoms with Crippen molar-refractivity contribution in [3.63, 3.8) is 0 Å². The smallest absolute Gasteiger partial charge is 0.348 e. The molecule has 304 valence electrons. The largest absolute Gasteiger partial charge is 0.508 e. The van der Waals surface area contributed by atoms with E-state index in [1.807, 2.05) is 52.8 Å². The summed E-state index contributed by atoms with van der Waals surface area (Å²) in [5, 5.41) is 21.2. The number of fused-ring (bicyclic) bond motifs is 8. The van der Waals surface area contributed by atoms with Gasteiger partial charge in [0, 0.05) is 23.8 Å². The van der Waals surface area contributed by atoms with Gasteiger partial charge in [-0.3, -0.25) is 9.59 Å². The molecule has 6 unspecified atom stereocenters. The average molecular weight is 779 g/mol. The Bertz CT molecular complexity index is 2230. The van der Waals surface area contributed by atoms with Crippen molar-refractivity contribution in [2.75, 3.05) is 7.11 Å². The van der Waals surface area contributed by atoms with Crippen LogP contribution in [-0.4, -0.2) is 40.8 Å². The highest BCUT2D eigenvalue weighted by Gasteiger charge is 2.60. The monoisotopic (exact) mass is 778 g/mol. The van der Waals surface area contributed by atoms with E-state index in [1.165, 1.54) is 44.1 Å². The normalized spacial score (nSPS) is 28.0. The Balaban J connectivity index is 0.000000179. The lowest BCUT2D eigenvalue weighted by molar-refractivity contribution is -0.159. The van der Waals surface area contributed by atoms with Gasteiger partial charge in [-0.1, -0.05) is 50.1 Å². The first kappa shape index (κ1) is 40.4. The van der Waals surface area contributed by atoms with Crippen LogP contribution < -0.4 is 15.1 Å². The summed E-state index contributed by atoms with van der Waals surface area (Å²) >= 11 is 0. The minimum absolute atomic E-state index is 0.00458. The van der Waals surface area contributed by atoms with Crippen LogP contribution in [0.3, 0.4) is 0 Å². The summed E-state index contributed by atoms with van der Waals surface area (Å²) in [5.74, 6) is 3.19. The number of benzene rings is 2. The van der Waals surface area contributed by atoms with Crippen molar-refractivity contribution >= 4 is 28.8 Å². The number of phenolic OH excluding ortho intramolecular Hbond substituents is 1. The van der Waals surface area contributed by atoms with Gasteiger partial charge in [-0.2, -0.15) is 0 Å². The fourth-order valence-electron chi connectivity index (χ4n) is 10.8. The third-order valence-corrected chi connectivity index (χ3v) is 13.9. The first-order valence-electron chi connectivity index (χ1n) is 20.7. The lowest BCUT2D eigenvalue weighted by Crippen LogP contribution is -2.51. The van der Waals surface area contributed by atoms with Crippen molar-refractivity contribution in [2.24, 2.45) is 28.6 Å². The van der Waals surface area contributed by atoms with Gasteiger partial charge < -0.3 is 28.8 Å². The van der Waals surface area contributed by atoms with Crippen molar-refractivity contribution in [1.29, 1.82) is 0 Å². The number of esters is 1. The maximum Gasteiger partial charge on any atom is 0.348 e. The predicted octanol–water partition coefficient (Wildman–Crippen LogP) is 10.4. The SMILES string of the molecule is CCC(=O)OC1CCC2C3CCC4=CC(=O)CCC4(C)C3CCC12C.COc1c(CC=C(C)C)c2c(c3oc(=O)c(-c4ccc(O)cc4)c(O)c13)C=CC(C)(C)O2. The molecule has 1 aliphatic heterocycles. The first-order chi connectivity index (χ1) is 27.0. The molecular formula is C48H58O9. The Labute approximate surface area is 335 Å². The van der Waals surface area contributed by atoms with Crippen molar-refractivity contribution in [2.45, 2.75) is 124 Å². The first-order valence-corrected chi connectivity index (χ1v) is 20.7. The molecule has 57 heavy (non-hydrogen) atoms. The number of methoxy groups -OCH3 is 1. The molecule has 3 fully saturated rings. The minimum Gasteiger partial charge on any atom is -0.508 e. The van der Waals surface area contributed by atoms with Crippen LogP contribution in [0, 0.1) is 28.6 Å². The summed E-state index contributed by atoms with van der Waals surface area (Å²) in [6, 6.07) is 5.99. The van der Waals surface area contributed by atoms with Gasteiger partial charge in [-0.25, -0.2) is 4.79 Å². The summed E-state index contributed by atoms with van der Waals surface area (Å²) in [6.07, 6.45) is 17.6. The highest BCUT2D eigenvalue weighted by atomic mass is 16.5. The number of allylic oxidation sites excluding steroid dienone is 3. The lowest BCUT2D eigenvalue weighted by Gasteiger charge is -2.57. The molecule has 8 rings (SSSR count). The molecule has 9 nitrogen and oxygen atoms in total. The quantitative estimate of drug-likeness (QED) is 0.143. The molecule has 3 aromatic rings. The summed E-state index contributed by atoms with van der Waals surface area (Å²) < 4.78 is 23.6. The zero-order chi connectivity index (χ0) is 41.0. The third-order valence-electron chi connectivity index (χ3n) is 13.9. The highest BCUT2D eigenvalue weighted by molar-refractivity contribution is 6.02. The Morgan fingerprint density at radius 3 is 2.39 bits per heavy atom.